The average Bonchev–Trinajstić information content (AvgIpc) is 2.76. The van der Waals surface area contributed by atoms with Crippen molar-refractivity contribution >= 4 is 17.5 Å². The van der Waals surface area contributed by atoms with Gasteiger partial charge in [-0.25, -0.2) is 0 Å². The molecule has 0 unspecified atom stereocenters. The van der Waals surface area contributed by atoms with Gasteiger partial charge in [-0.15, -0.1) is 0 Å². The van der Waals surface area contributed by atoms with Gasteiger partial charge in [0.05, 0.1) is 5.69 Å². The van der Waals surface area contributed by atoms with E-state index >= 15 is 0 Å². The average molecular weight is 266 g/mol. The Labute approximate surface area is 116 Å². The number of hydrogen-bond acceptors (Lipinski definition) is 4. The number of fused-ring (bicyclic) bond motifs is 1. The number of nitrogens with zero attached hydrogens (tertiary/aromatic N) is 1. The molecule has 1 aliphatic carbocycles. The number of allylic oxidation sites excluding steroid dienone is 1. The zero-order chi connectivity index (χ0) is 14.1. The molecule has 1 aliphatic rings. The van der Waals surface area contributed by atoms with Crippen LogP contribution in [0.2, 0.25) is 0 Å². The normalized spacial score (nSPS) is 15.5. The van der Waals surface area contributed by atoms with Crippen molar-refractivity contribution in [3.63, 3.8) is 0 Å². The molecule has 0 spiro atoms. The van der Waals surface area contributed by atoms with E-state index in [9.17, 15) is 10.0 Å². The third-order valence-corrected chi connectivity index (χ3v) is 3.37. The minimum Gasteiger partial charge on any atom is -0.733 e. The third kappa shape index (κ3) is 2.22. The summed E-state index contributed by atoms with van der Waals surface area (Å²) < 4.78 is 0. The number of rotatable bonds is 2. The van der Waals surface area contributed by atoms with Crippen LogP contribution in [0.3, 0.4) is 0 Å². The van der Waals surface area contributed by atoms with Crippen molar-refractivity contribution < 1.29 is 10.0 Å². The van der Waals surface area contributed by atoms with E-state index in [4.69, 9.17) is 5.21 Å². The van der Waals surface area contributed by atoms with E-state index in [0.717, 1.165) is 11.1 Å². The molecule has 0 heterocycles. The van der Waals surface area contributed by atoms with Crippen molar-refractivity contribution in [2.24, 2.45) is 0 Å². The number of hydrogen-bond donors (Lipinski definition) is 1. The Balaban J connectivity index is 1.95. The molecule has 0 amide bonds. The van der Waals surface area contributed by atoms with Gasteiger partial charge in [0, 0.05) is 17.6 Å². The molecular weight excluding hydrogens is 254 g/mol. The van der Waals surface area contributed by atoms with Gasteiger partial charge >= 0.3 is 0 Å². The predicted molar refractivity (Wildman–Crippen MR) is 76.5 cm³/mol. The Morgan fingerprint density at radius 1 is 1.15 bits per heavy atom. The first-order chi connectivity index (χ1) is 9.65. The number of benzene rings is 2. The standard InChI is InChI=1S/C16H12NO3/c18-16-13(10-12-5-1-2-7-15(12)16)8-11-4-3-6-14(9-11)17(19)20/h1-9,19H,10H2/q-1/b13-8+. The molecule has 0 bridgehead atoms. The summed E-state index contributed by atoms with van der Waals surface area (Å²) in [4.78, 5) is 12.2. The van der Waals surface area contributed by atoms with Crippen LogP contribution in [0.1, 0.15) is 21.5 Å². The first kappa shape index (κ1) is 12.6. The highest BCUT2D eigenvalue weighted by Gasteiger charge is 2.23. The monoisotopic (exact) mass is 266 g/mol. The van der Waals surface area contributed by atoms with Crippen LogP contribution in [-0.4, -0.2) is 11.0 Å². The van der Waals surface area contributed by atoms with Crippen molar-refractivity contribution in [3.05, 3.63) is 76.0 Å². The summed E-state index contributed by atoms with van der Waals surface area (Å²) in [6.45, 7) is 0. The maximum Gasteiger partial charge on any atom is 0.189 e. The van der Waals surface area contributed by atoms with E-state index in [2.05, 4.69) is 0 Å². The molecule has 3 rings (SSSR count). The Morgan fingerprint density at radius 2 is 1.95 bits per heavy atom. The van der Waals surface area contributed by atoms with Crippen molar-refractivity contribution in [2.75, 3.05) is 5.23 Å². The first-order valence-electron chi connectivity index (χ1n) is 6.24. The van der Waals surface area contributed by atoms with E-state index in [0.29, 0.717) is 17.6 Å². The van der Waals surface area contributed by atoms with Crippen LogP contribution >= 0.6 is 0 Å². The van der Waals surface area contributed by atoms with E-state index in [-0.39, 0.29) is 16.7 Å². The van der Waals surface area contributed by atoms with Crippen LogP contribution in [0.5, 0.6) is 0 Å². The minimum atomic E-state index is -0.187. The number of Topliss-reactive ketones (excluding diaryl/α,β-unsaturated/α-hetero) is 1. The van der Waals surface area contributed by atoms with Gasteiger partial charge in [-0.2, -0.15) is 0 Å². The summed E-state index contributed by atoms with van der Waals surface area (Å²) in [6, 6.07) is 14.0. The fraction of sp³-hybridized carbons (Fsp3) is 0.0625. The molecule has 100 valence electrons. The fourth-order valence-corrected chi connectivity index (χ4v) is 2.41. The van der Waals surface area contributed by atoms with Crippen molar-refractivity contribution in [2.45, 2.75) is 6.42 Å². The lowest BCUT2D eigenvalue weighted by atomic mass is 10.1. The van der Waals surface area contributed by atoms with Gasteiger partial charge in [0.15, 0.2) is 5.78 Å². The van der Waals surface area contributed by atoms with Crippen molar-refractivity contribution in [3.8, 4) is 0 Å². The highest BCUT2D eigenvalue weighted by atomic mass is 16.8. The second kappa shape index (κ2) is 4.92. The summed E-state index contributed by atoms with van der Waals surface area (Å²) in [5.41, 5.74) is 3.31. The maximum atomic E-state index is 12.2. The zero-order valence-corrected chi connectivity index (χ0v) is 10.6. The molecular formula is C16H12NO3-. The summed E-state index contributed by atoms with van der Waals surface area (Å²) in [6.07, 6.45) is 2.36. The second-order valence-electron chi connectivity index (χ2n) is 4.70. The van der Waals surface area contributed by atoms with Crippen LogP contribution in [0, 0.1) is 5.21 Å². The van der Waals surface area contributed by atoms with Gasteiger partial charge in [0.25, 0.3) is 0 Å². The van der Waals surface area contributed by atoms with Crippen LogP contribution in [0.4, 0.5) is 5.69 Å². The molecule has 0 aliphatic heterocycles. The van der Waals surface area contributed by atoms with E-state index in [1.807, 2.05) is 24.3 Å². The van der Waals surface area contributed by atoms with E-state index < -0.39 is 0 Å². The molecule has 4 nitrogen and oxygen atoms in total. The SMILES string of the molecule is O=C1/C(=C/c2cccc(N([O-])O)c2)Cc2ccccc21. The smallest absolute Gasteiger partial charge is 0.189 e. The fourth-order valence-electron chi connectivity index (χ4n) is 2.41. The molecule has 0 aromatic heterocycles. The predicted octanol–water partition coefficient (Wildman–Crippen LogP) is 3.20. The topological polar surface area (TPSA) is 63.6 Å². The number of carbonyl (C=O) groups is 1. The molecule has 0 radical (unpaired) electrons. The molecule has 0 saturated carbocycles. The summed E-state index contributed by atoms with van der Waals surface area (Å²) in [5.74, 6) is 0.0222. The molecule has 0 fully saturated rings. The molecule has 2 aromatic carbocycles. The van der Waals surface area contributed by atoms with Crippen LogP contribution < -0.4 is 5.23 Å². The highest BCUT2D eigenvalue weighted by molar-refractivity contribution is 6.15. The molecule has 4 heteroatoms. The Morgan fingerprint density at radius 3 is 2.70 bits per heavy atom. The Bertz CT molecular complexity index is 704. The quantitative estimate of drug-likeness (QED) is 0.669. The van der Waals surface area contributed by atoms with Crippen LogP contribution in [0.25, 0.3) is 6.08 Å². The maximum absolute atomic E-state index is 12.2. The van der Waals surface area contributed by atoms with Crippen LogP contribution in [-0.2, 0) is 6.42 Å². The van der Waals surface area contributed by atoms with Gasteiger partial charge in [-0.1, -0.05) is 36.4 Å². The lowest BCUT2D eigenvalue weighted by Crippen LogP contribution is -2.06. The third-order valence-electron chi connectivity index (χ3n) is 3.37. The number of carbonyl (C=O) groups excluding carboxylic acids is 1. The van der Waals surface area contributed by atoms with E-state index in [1.165, 1.54) is 12.1 Å². The molecule has 0 saturated heterocycles. The summed E-state index contributed by atoms with van der Waals surface area (Å²) >= 11 is 0. The van der Waals surface area contributed by atoms with Crippen molar-refractivity contribution in [1.82, 2.24) is 0 Å². The van der Waals surface area contributed by atoms with Gasteiger partial charge in [0.1, 0.15) is 0 Å². The zero-order valence-electron chi connectivity index (χ0n) is 10.6. The van der Waals surface area contributed by atoms with Gasteiger partial charge < -0.3 is 10.4 Å². The second-order valence-corrected chi connectivity index (χ2v) is 4.70. The molecule has 0 atom stereocenters. The lowest BCUT2D eigenvalue weighted by molar-refractivity contribution is 0.104. The van der Waals surface area contributed by atoms with Crippen molar-refractivity contribution in [1.29, 1.82) is 0 Å². The van der Waals surface area contributed by atoms with E-state index in [1.54, 1.807) is 18.2 Å². The number of ketones is 1. The van der Waals surface area contributed by atoms with Gasteiger partial charge in [0.2, 0.25) is 0 Å². The molecule has 2 aromatic rings. The Hall–Kier alpha value is -2.43. The first-order valence-corrected chi connectivity index (χ1v) is 6.24. The largest absolute Gasteiger partial charge is 0.733 e. The molecule has 1 N–H and O–H groups in total. The highest BCUT2D eigenvalue weighted by Crippen LogP contribution is 2.28. The summed E-state index contributed by atoms with van der Waals surface area (Å²) in [5, 5.41) is 19.6. The summed E-state index contributed by atoms with van der Waals surface area (Å²) in [7, 11) is 0. The minimum absolute atomic E-state index is 0.0222. The lowest BCUT2D eigenvalue weighted by Gasteiger charge is -2.21. The van der Waals surface area contributed by atoms with Gasteiger partial charge in [-0.3, -0.25) is 10.0 Å². The van der Waals surface area contributed by atoms with Crippen LogP contribution in [0.15, 0.2) is 54.1 Å². The van der Waals surface area contributed by atoms with Gasteiger partial charge in [-0.05, 0) is 29.3 Å². The number of anilines is 1. The molecule has 20 heavy (non-hydrogen) atoms. The Kier molecular flexibility index (Phi) is 3.10.